The van der Waals surface area contributed by atoms with E-state index >= 15 is 0 Å². The van der Waals surface area contributed by atoms with Crippen molar-refractivity contribution in [2.24, 2.45) is 0 Å². The summed E-state index contributed by atoms with van der Waals surface area (Å²) < 4.78 is 28.9. The molecule has 1 aromatic heterocycles. The Kier molecular flexibility index (Phi) is 5.22. The maximum Gasteiger partial charge on any atom is 0.282 e. The first-order chi connectivity index (χ1) is 12.6. The van der Waals surface area contributed by atoms with Gasteiger partial charge in [-0.15, -0.1) is 0 Å². The molecule has 2 fully saturated rings. The molecule has 7 heteroatoms. The van der Waals surface area contributed by atoms with Crippen molar-refractivity contribution in [3.8, 4) is 0 Å². The van der Waals surface area contributed by atoms with Crippen LogP contribution in [0.2, 0.25) is 0 Å². The van der Waals surface area contributed by atoms with Gasteiger partial charge in [-0.1, -0.05) is 18.2 Å². The van der Waals surface area contributed by atoms with Crippen molar-refractivity contribution in [2.75, 3.05) is 39.3 Å². The van der Waals surface area contributed by atoms with Crippen molar-refractivity contribution in [1.29, 1.82) is 0 Å². The normalized spacial score (nSPS) is 21.2. The maximum absolute atomic E-state index is 12.8. The Hall–Kier alpha value is -1.54. The van der Waals surface area contributed by atoms with Gasteiger partial charge in [0.2, 0.25) is 0 Å². The van der Waals surface area contributed by atoms with Gasteiger partial charge in [-0.2, -0.15) is 17.0 Å². The van der Waals surface area contributed by atoms with Crippen molar-refractivity contribution in [2.45, 2.75) is 25.8 Å². The van der Waals surface area contributed by atoms with Crippen molar-refractivity contribution in [3.63, 3.8) is 0 Å². The lowest BCUT2D eigenvalue weighted by Gasteiger charge is -2.26. The molecule has 0 saturated carbocycles. The van der Waals surface area contributed by atoms with Crippen molar-refractivity contribution in [3.05, 3.63) is 42.1 Å². The summed E-state index contributed by atoms with van der Waals surface area (Å²) in [6.45, 7) is 5.05. The minimum atomic E-state index is -3.29. The zero-order valence-electron chi connectivity index (χ0n) is 15.0. The zero-order valence-corrected chi connectivity index (χ0v) is 15.9. The first-order valence-electron chi connectivity index (χ1n) is 9.45. The molecule has 0 spiro atoms. The van der Waals surface area contributed by atoms with Crippen LogP contribution in [0.25, 0.3) is 10.9 Å². The molecule has 6 nitrogen and oxygen atoms in total. The SMILES string of the molecule is O=S(=O)(N1CCCC1)N1CCCN(Cc2cccc3ncccc23)CC1. The molecule has 4 rings (SSSR count). The van der Waals surface area contributed by atoms with E-state index in [9.17, 15) is 8.42 Å². The summed E-state index contributed by atoms with van der Waals surface area (Å²) in [5.74, 6) is 0. The van der Waals surface area contributed by atoms with Crippen LogP contribution >= 0.6 is 0 Å². The van der Waals surface area contributed by atoms with Crippen molar-refractivity contribution >= 4 is 21.1 Å². The van der Waals surface area contributed by atoms with E-state index in [1.807, 2.05) is 24.4 Å². The molecule has 1 aromatic carbocycles. The van der Waals surface area contributed by atoms with Gasteiger partial charge in [0, 0.05) is 50.9 Å². The number of fused-ring (bicyclic) bond motifs is 1. The Bertz CT molecular complexity index is 859. The molecule has 0 N–H and O–H groups in total. The lowest BCUT2D eigenvalue weighted by Crippen LogP contribution is -2.44. The van der Waals surface area contributed by atoms with E-state index < -0.39 is 10.2 Å². The monoisotopic (exact) mass is 374 g/mol. The Balaban J connectivity index is 1.45. The summed E-state index contributed by atoms with van der Waals surface area (Å²) in [5, 5.41) is 1.18. The smallest absolute Gasteiger partial charge is 0.282 e. The van der Waals surface area contributed by atoms with Gasteiger partial charge >= 0.3 is 0 Å². The van der Waals surface area contributed by atoms with Gasteiger partial charge in [0.05, 0.1) is 5.52 Å². The second-order valence-electron chi connectivity index (χ2n) is 7.13. The van der Waals surface area contributed by atoms with E-state index in [2.05, 4.69) is 22.0 Å². The zero-order chi connectivity index (χ0) is 18.0. The van der Waals surface area contributed by atoms with Crippen molar-refractivity contribution in [1.82, 2.24) is 18.5 Å². The number of hydrogen-bond donors (Lipinski definition) is 0. The van der Waals surface area contributed by atoms with Crippen LogP contribution in [0.5, 0.6) is 0 Å². The van der Waals surface area contributed by atoms with Crippen LogP contribution in [0.15, 0.2) is 36.5 Å². The van der Waals surface area contributed by atoms with Gasteiger partial charge in [-0.05, 0) is 43.5 Å². The largest absolute Gasteiger partial charge is 0.298 e. The number of benzene rings is 1. The number of aromatic nitrogens is 1. The molecule has 2 aliphatic heterocycles. The highest BCUT2D eigenvalue weighted by atomic mass is 32.2. The van der Waals surface area contributed by atoms with Gasteiger partial charge in [0.15, 0.2) is 0 Å². The molecule has 140 valence electrons. The Morgan fingerprint density at radius 1 is 0.846 bits per heavy atom. The molecule has 0 amide bonds. The minimum absolute atomic E-state index is 0.571. The highest BCUT2D eigenvalue weighted by Gasteiger charge is 2.32. The van der Waals surface area contributed by atoms with E-state index in [1.165, 1.54) is 10.9 Å². The van der Waals surface area contributed by atoms with Crippen LogP contribution in [-0.4, -0.2) is 66.2 Å². The van der Waals surface area contributed by atoms with E-state index in [0.717, 1.165) is 44.4 Å². The summed E-state index contributed by atoms with van der Waals surface area (Å²) in [7, 11) is -3.29. The molecule has 0 radical (unpaired) electrons. The topological polar surface area (TPSA) is 56.8 Å². The molecule has 26 heavy (non-hydrogen) atoms. The predicted octanol–water partition coefficient (Wildman–Crippen LogP) is 2.08. The number of hydrogen-bond acceptors (Lipinski definition) is 4. The molecule has 2 aliphatic rings. The van der Waals surface area contributed by atoms with Crippen LogP contribution in [-0.2, 0) is 16.8 Å². The Morgan fingerprint density at radius 3 is 2.46 bits per heavy atom. The van der Waals surface area contributed by atoms with Crippen LogP contribution in [0.1, 0.15) is 24.8 Å². The lowest BCUT2D eigenvalue weighted by molar-refractivity contribution is 0.277. The third-order valence-corrected chi connectivity index (χ3v) is 7.43. The van der Waals surface area contributed by atoms with Gasteiger partial charge < -0.3 is 0 Å². The molecular formula is C19H26N4O2S. The first kappa shape index (κ1) is 17.9. The molecular weight excluding hydrogens is 348 g/mol. The molecule has 2 saturated heterocycles. The van der Waals surface area contributed by atoms with E-state index in [4.69, 9.17) is 0 Å². The Morgan fingerprint density at radius 2 is 1.62 bits per heavy atom. The van der Waals surface area contributed by atoms with Gasteiger partial charge in [0.1, 0.15) is 0 Å². The summed E-state index contributed by atoms with van der Waals surface area (Å²) in [5.41, 5.74) is 2.27. The molecule has 0 unspecified atom stereocenters. The van der Waals surface area contributed by atoms with E-state index in [1.54, 1.807) is 8.61 Å². The van der Waals surface area contributed by atoms with Crippen LogP contribution in [0.3, 0.4) is 0 Å². The van der Waals surface area contributed by atoms with Crippen LogP contribution in [0.4, 0.5) is 0 Å². The second-order valence-corrected chi connectivity index (χ2v) is 9.06. The third kappa shape index (κ3) is 3.62. The predicted molar refractivity (Wildman–Crippen MR) is 103 cm³/mol. The third-order valence-electron chi connectivity index (χ3n) is 5.40. The summed E-state index contributed by atoms with van der Waals surface area (Å²) >= 11 is 0. The van der Waals surface area contributed by atoms with Crippen LogP contribution in [0, 0.1) is 0 Å². The molecule has 0 bridgehead atoms. The number of pyridine rings is 1. The first-order valence-corrected chi connectivity index (χ1v) is 10.8. The Labute approximate surface area is 155 Å². The molecule has 0 aliphatic carbocycles. The summed E-state index contributed by atoms with van der Waals surface area (Å²) in [6.07, 6.45) is 4.65. The minimum Gasteiger partial charge on any atom is -0.298 e. The van der Waals surface area contributed by atoms with Gasteiger partial charge in [-0.3, -0.25) is 9.88 Å². The van der Waals surface area contributed by atoms with E-state index in [0.29, 0.717) is 26.2 Å². The fourth-order valence-electron chi connectivity index (χ4n) is 3.96. The maximum atomic E-state index is 12.8. The summed E-state index contributed by atoms with van der Waals surface area (Å²) in [6, 6.07) is 10.3. The summed E-state index contributed by atoms with van der Waals surface area (Å²) in [4.78, 5) is 6.79. The van der Waals surface area contributed by atoms with Crippen molar-refractivity contribution < 1.29 is 8.42 Å². The molecule has 3 heterocycles. The second kappa shape index (κ2) is 7.60. The lowest BCUT2D eigenvalue weighted by atomic mass is 10.1. The fourth-order valence-corrected chi connectivity index (χ4v) is 5.68. The van der Waals surface area contributed by atoms with E-state index in [-0.39, 0.29) is 0 Å². The average molecular weight is 375 g/mol. The number of nitrogens with zero attached hydrogens (tertiary/aromatic N) is 4. The van der Waals surface area contributed by atoms with Gasteiger partial charge in [0.25, 0.3) is 10.2 Å². The number of rotatable bonds is 4. The van der Waals surface area contributed by atoms with Crippen LogP contribution < -0.4 is 0 Å². The fraction of sp³-hybridized carbons (Fsp3) is 0.526. The average Bonchev–Trinajstić information content (AvgIpc) is 3.10. The quantitative estimate of drug-likeness (QED) is 0.822. The standard InChI is InChI=1S/C19H26N4O2S/c24-26(25,22-11-1-2-12-22)23-13-5-10-21(14-15-23)16-17-6-3-8-19-18(17)7-4-9-20-19/h3-4,6-9H,1-2,5,10-16H2. The highest BCUT2D eigenvalue weighted by Crippen LogP contribution is 2.21. The molecule has 2 aromatic rings. The molecule has 0 atom stereocenters. The highest BCUT2D eigenvalue weighted by molar-refractivity contribution is 7.86. The van der Waals surface area contributed by atoms with Gasteiger partial charge in [-0.25, -0.2) is 0 Å².